The van der Waals surface area contributed by atoms with Crippen molar-refractivity contribution in [2.24, 2.45) is 5.73 Å². The zero-order valence-corrected chi connectivity index (χ0v) is 9.56. The Morgan fingerprint density at radius 3 is 2.67 bits per heavy atom. The van der Waals surface area contributed by atoms with E-state index >= 15 is 0 Å². The third-order valence-corrected chi connectivity index (χ3v) is 3.90. The van der Waals surface area contributed by atoms with E-state index in [2.05, 4.69) is 15.2 Å². The Bertz CT molecular complexity index is 619. The first kappa shape index (κ1) is 10.1. The number of halogens is 1. The zero-order chi connectivity index (χ0) is 12.4. The third-order valence-electron chi connectivity index (χ3n) is 3.90. The maximum atomic E-state index is 13.1. The Kier molecular flexibility index (Phi) is 1.66. The van der Waals surface area contributed by atoms with Gasteiger partial charge in [-0.25, -0.2) is 4.39 Å². The van der Waals surface area contributed by atoms with Gasteiger partial charge in [-0.1, -0.05) is 0 Å². The number of rotatable bonds is 2. The molecule has 0 aromatic carbocycles. The van der Waals surface area contributed by atoms with Crippen LogP contribution >= 0.6 is 0 Å². The lowest BCUT2D eigenvalue weighted by atomic mass is 9.40. The number of nitrogens with two attached hydrogens (primary N) is 1. The molecule has 0 radical (unpaired) electrons. The van der Waals surface area contributed by atoms with E-state index in [4.69, 9.17) is 10.2 Å². The molecule has 2 aromatic rings. The molecule has 92 valence electrons. The lowest BCUT2D eigenvalue weighted by molar-refractivity contribution is -0.0764. The zero-order valence-electron chi connectivity index (χ0n) is 9.56. The summed E-state index contributed by atoms with van der Waals surface area (Å²) in [6, 6.07) is 1.33. The Hall–Kier alpha value is -1.82. The fraction of sp³-hybridized carbons (Fsp3) is 0.417. The molecule has 2 bridgehead atoms. The predicted molar refractivity (Wildman–Crippen MR) is 59.9 cm³/mol. The van der Waals surface area contributed by atoms with Crippen molar-refractivity contribution in [2.45, 2.75) is 30.2 Å². The van der Waals surface area contributed by atoms with Gasteiger partial charge >= 0.3 is 0 Å². The van der Waals surface area contributed by atoms with E-state index in [1.165, 1.54) is 12.3 Å². The first-order valence-corrected chi connectivity index (χ1v) is 5.83. The quantitative estimate of drug-likeness (QED) is 0.866. The van der Waals surface area contributed by atoms with E-state index in [9.17, 15) is 4.39 Å². The maximum Gasteiger partial charge on any atom is 0.249 e. The van der Waals surface area contributed by atoms with Crippen molar-refractivity contribution < 1.29 is 8.81 Å². The molecule has 3 fully saturated rings. The van der Waals surface area contributed by atoms with Gasteiger partial charge in [0.05, 0.1) is 17.2 Å². The highest BCUT2D eigenvalue weighted by molar-refractivity contribution is 5.50. The molecule has 2 heterocycles. The summed E-state index contributed by atoms with van der Waals surface area (Å²) in [5.74, 6) is 0.514. The molecular formula is C12H11FN4O. The Morgan fingerprint density at radius 1 is 1.22 bits per heavy atom. The second-order valence-electron chi connectivity index (χ2n) is 5.48. The molecule has 0 unspecified atom stereocenters. The summed E-state index contributed by atoms with van der Waals surface area (Å²) >= 11 is 0. The van der Waals surface area contributed by atoms with Gasteiger partial charge in [-0.15, -0.1) is 10.2 Å². The van der Waals surface area contributed by atoms with Crippen LogP contribution in [0.1, 0.15) is 25.2 Å². The number of nitrogens with zero attached hydrogens (tertiary/aromatic N) is 3. The lowest BCUT2D eigenvalue weighted by Crippen LogP contribution is -2.74. The molecular weight excluding hydrogens is 235 g/mol. The maximum absolute atomic E-state index is 13.1. The van der Waals surface area contributed by atoms with Crippen LogP contribution in [0.3, 0.4) is 0 Å². The molecule has 3 aliphatic rings. The Morgan fingerprint density at radius 2 is 2.00 bits per heavy atom. The molecule has 5 nitrogen and oxygen atoms in total. The minimum Gasteiger partial charge on any atom is -0.420 e. The van der Waals surface area contributed by atoms with Crippen molar-refractivity contribution in [1.29, 1.82) is 0 Å². The van der Waals surface area contributed by atoms with Crippen LogP contribution in [0, 0.1) is 5.82 Å². The molecule has 0 amide bonds. The molecule has 0 atom stereocenters. The average Bonchev–Trinajstić information content (AvgIpc) is 2.72. The molecule has 0 spiro atoms. The summed E-state index contributed by atoms with van der Waals surface area (Å²) in [6.07, 6.45) is 5.36. The fourth-order valence-electron chi connectivity index (χ4n) is 3.18. The molecule has 6 heteroatoms. The highest BCUT2D eigenvalue weighted by Crippen LogP contribution is 2.66. The van der Waals surface area contributed by atoms with Crippen molar-refractivity contribution in [2.75, 3.05) is 0 Å². The van der Waals surface area contributed by atoms with Crippen molar-refractivity contribution in [1.82, 2.24) is 15.2 Å². The normalized spacial score (nSPS) is 32.8. The second-order valence-corrected chi connectivity index (χ2v) is 5.48. The van der Waals surface area contributed by atoms with Crippen LogP contribution in [0.25, 0.3) is 11.5 Å². The average molecular weight is 246 g/mol. The number of hydrogen-bond acceptors (Lipinski definition) is 5. The molecule has 5 rings (SSSR count). The number of pyridine rings is 1. The Balaban J connectivity index is 1.67. The molecule has 2 aromatic heterocycles. The smallest absolute Gasteiger partial charge is 0.249 e. The SMILES string of the molecule is NC12CC(c3nnc(-c4cncc(F)c4)o3)(C1)C2. The van der Waals surface area contributed by atoms with Crippen LogP contribution in [0.5, 0.6) is 0 Å². The summed E-state index contributed by atoms with van der Waals surface area (Å²) in [5.41, 5.74) is 6.48. The molecule has 3 aliphatic carbocycles. The van der Waals surface area contributed by atoms with Crippen molar-refractivity contribution in [3.05, 3.63) is 30.2 Å². The monoisotopic (exact) mass is 246 g/mol. The van der Waals surface area contributed by atoms with E-state index < -0.39 is 5.82 Å². The molecule has 3 saturated carbocycles. The van der Waals surface area contributed by atoms with Gasteiger partial charge in [0.25, 0.3) is 0 Å². The highest BCUT2D eigenvalue weighted by atomic mass is 19.1. The van der Waals surface area contributed by atoms with Crippen LogP contribution < -0.4 is 5.73 Å². The van der Waals surface area contributed by atoms with Crippen LogP contribution in [-0.2, 0) is 5.41 Å². The van der Waals surface area contributed by atoms with Gasteiger partial charge in [0.1, 0.15) is 5.82 Å². The molecule has 2 N–H and O–H groups in total. The summed E-state index contributed by atoms with van der Waals surface area (Å²) in [6.45, 7) is 0. The first-order chi connectivity index (χ1) is 8.59. The van der Waals surface area contributed by atoms with Crippen molar-refractivity contribution >= 4 is 0 Å². The molecule has 0 saturated heterocycles. The predicted octanol–water partition coefficient (Wildman–Crippen LogP) is 1.40. The van der Waals surface area contributed by atoms with Gasteiger partial charge in [0, 0.05) is 11.7 Å². The van der Waals surface area contributed by atoms with Gasteiger partial charge in [0.15, 0.2) is 0 Å². The van der Waals surface area contributed by atoms with E-state index in [1.54, 1.807) is 0 Å². The Labute approximate surface area is 102 Å². The molecule has 0 aliphatic heterocycles. The minimum absolute atomic E-state index is 0.00492. The fourth-order valence-corrected chi connectivity index (χ4v) is 3.18. The van der Waals surface area contributed by atoms with E-state index in [0.717, 1.165) is 25.5 Å². The largest absolute Gasteiger partial charge is 0.420 e. The standard InChI is InChI=1S/C12H11FN4O/c13-8-1-7(2-15-3-8)9-16-17-10(18-9)11-4-12(14,5-11)6-11/h1-3H,4-6,14H2. The topological polar surface area (TPSA) is 77.8 Å². The highest BCUT2D eigenvalue weighted by Gasteiger charge is 2.69. The minimum atomic E-state index is -0.418. The van der Waals surface area contributed by atoms with Crippen molar-refractivity contribution in [3.63, 3.8) is 0 Å². The van der Waals surface area contributed by atoms with Gasteiger partial charge in [-0.05, 0) is 25.3 Å². The van der Waals surface area contributed by atoms with E-state index in [-0.39, 0.29) is 11.0 Å². The van der Waals surface area contributed by atoms with Crippen LogP contribution in [0.4, 0.5) is 4.39 Å². The number of hydrogen-bond donors (Lipinski definition) is 1. The van der Waals surface area contributed by atoms with Gasteiger partial charge in [-0.3, -0.25) is 4.98 Å². The lowest BCUT2D eigenvalue weighted by Gasteiger charge is -2.66. The van der Waals surface area contributed by atoms with Crippen molar-refractivity contribution in [3.8, 4) is 11.5 Å². The van der Waals surface area contributed by atoms with Crippen LogP contribution in [-0.4, -0.2) is 20.7 Å². The summed E-state index contributed by atoms with van der Waals surface area (Å²) in [5, 5.41) is 8.02. The van der Waals surface area contributed by atoms with E-state index in [0.29, 0.717) is 17.3 Å². The van der Waals surface area contributed by atoms with Gasteiger partial charge in [-0.2, -0.15) is 0 Å². The molecule has 18 heavy (non-hydrogen) atoms. The van der Waals surface area contributed by atoms with Gasteiger partial charge in [0.2, 0.25) is 11.8 Å². The number of aromatic nitrogens is 3. The van der Waals surface area contributed by atoms with Crippen LogP contribution in [0.2, 0.25) is 0 Å². The third kappa shape index (κ3) is 1.21. The summed E-state index contributed by atoms with van der Waals surface area (Å²) in [4.78, 5) is 3.76. The van der Waals surface area contributed by atoms with Gasteiger partial charge < -0.3 is 10.2 Å². The first-order valence-electron chi connectivity index (χ1n) is 5.83. The summed E-state index contributed by atoms with van der Waals surface area (Å²) < 4.78 is 18.7. The van der Waals surface area contributed by atoms with E-state index in [1.807, 2.05) is 0 Å². The second kappa shape index (κ2) is 2.95. The van der Waals surface area contributed by atoms with Crippen LogP contribution in [0.15, 0.2) is 22.9 Å². The summed E-state index contributed by atoms with van der Waals surface area (Å²) in [7, 11) is 0.